The maximum absolute atomic E-state index is 12.7. The molecule has 0 spiro atoms. The highest BCUT2D eigenvalue weighted by molar-refractivity contribution is 6.04. The summed E-state index contributed by atoms with van der Waals surface area (Å²) in [7, 11) is 0. The fourth-order valence-corrected chi connectivity index (χ4v) is 4.46. The van der Waals surface area contributed by atoms with Gasteiger partial charge in [0.1, 0.15) is 0 Å². The third-order valence-corrected chi connectivity index (χ3v) is 6.35. The number of anilines is 2. The molecule has 2 aromatic rings. The second kappa shape index (κ2) is 9.33. The molecule has 0 aromatic heterocycles. The SMILES string of the molecule is Cc1ccc(C(=O)Nc2ccc(N3CCN(C(=O)C4CCCCC4)CC3)cc2)cc1. The highest BCUT2D eigenvalue weighted by Gasteiger charge is 2.28. The number of carbonyl (C=O) groups excluding carboxylic acids is 2. The Morgan fingerprint density at radius 1 is 0.833 bits per heavy atom. The molecule has 1 N–H and O–H groups in total. The van der Waals surface area contributed by atoms with E-state index in [1.807, 2.05) is 55.5 Å². The molecular weight excluding hydrogens is 374 g/mol. The van der Waals surface area contributed by atoms with Crippen LogP contribution >= 0.6 is 0 Å². The van der Waals surface area contributed by atoms with E-state index in [0.717, 1.165) is 56.0 Å². The molecule has 0 radical (unpaired) electrons. The van der Waals surface area contributed by atoms with Crippen molar-refractivity contribution in [2.45, 2.75) is 39.0 Å². The second-order valence-corrected chi connectivity index (χ2v) is 8.51. The second-order valence-electron chi connectivity index (χ2n) is 8.51. The zero-order valence-electron chi connectivity index (χ0n) is 17.8. The summed E-state index contributed by atoms with van der Waals surface area (Å²) in [4.78, 5) is 29.5. The lowest BCUT2D eigenvalue weighted by molar-refractivity contribution is -0.136. The zero-order chi connectivity index (χ0) is 20.9. The van der Waals surface area contributed by atoms with Crippen molar-refractivity contribution in [1.29, 1.82) is 0 Å². The monoisotopic (exact) mass is 405 g/mol. The minimum atomic E-state index is -0.0995. The first-order valence-electron chi connectivity index (χ1n) is 11.1. The van der Waals surface area contributed by atoms with E-state index in [2.05, 4.69) is 15.1 Å². The fraction of sp³-hybridized carbons (Fsp3) is 0.440. The van der Waals surface area contributed by atoms with Crippen LogP contribution in [0.4, 0.5) is 11.4 Å². The molecule has 1 aliphatic heterocycles. The van der Waals surface area contributed by atoms with E-state index in [4.69, 9.17) is 0 Å². The van der Waals surface area contributed by atoms with E-state index in [9.17, 15) is 9.59 Å². The van der Waals surface area contributed by atoms with Gasteiger partial charge in [0.2, 0.25) is 5.91 Å². The van der Waals surface area contributed by atoms with Crippen LogP contribution in [0.2, 0.25) is 0 Å². The lowest BCUT2D eigenvalue weighted by Crippen LogP contribution is -2.50. The van der Waals surface area contributed by atoms with Crippen LogP contribution in [0.5, 0.6) is 0 Å². The molecule has 1 saturated carbocycles. The number of amides is 2. The standard InChI is InChI=1S/C25H31N3O2/c1-19-7-9-20(10-8-19)24(29)26-22-11-13-23(14-12-22)27-15-17-28(18-16-27)25(30)21-5-3-2-4-6-21/h7-14,21H,2-6,15-18H2,1H3,(H,26,29). The topological polar surface area (TPSA) is 52.7 Å². The molecule has 0 bridgehead atoms. The summed E-state index contributed by atoms with van der Waals surface area (Å²) in [6, 6.07) is 15.5. The third kappa shape index (κ3) is 4.84. The first kappa shape index (κ1) is 20.5. The Kier molecular flexibility index (Phi) is 6.36. The van der Waals surface area contributed by atoms with Crippen molar-refractivity contribution >= 4 is 23.2 Å². The normalized spacial score (nSPS) is 17.6. The molecule has 1 saturated heterocycles. The van der Waals surface area contributed by atoms with Gasteiger partial charge < -0.3 is 15.1 Å². The first-order valence-corrected chi connectivity index (χ1v) is 11.1. The van der Waals surface area contributed by atoms with E-state index in [1.54, 1.807) is 0 Å². The van der Waals surface area contributed by atoms with Crippen LogP contribution in [0, 0.1) is 12.8 Å². The number of hydrogen-bond acceptors (Lipinski definition) is 3. The minimum Gasteiger partial charge on any atom is -0.368 e. The summed E-state index contributed by atoms with van der Waals surface area (Å²) in [6.07, 6.45) is 5.80. The van der Waals surface area contributed by atoms with Gasteiger partial charge in [-0.2, -0.15) is 0 Å². The highest BCUT2D eigenvalue weighted by atomic mass is 16.2. The minimum absolute atomic E-state index is 0.0995. The van der Waals surface area contributed by atoms with Crippen molar-refractivity contribution in [3.05, 3.63) is 59.7 Å². The van der Waals surface area contributed by atoms with Crippen molar-refractivity contribution in [3.8, 4) is 0 Å². The van der Waals surface area contributed by atoms with Crippen molar-refractivity contribution in [3.63, 3.8) is 0 Å². The van der Waals surface area contributed by atoms with Crippen LogP contribution in [0.1, 0.15) is 48.0 Å². The van der Waals surface area contributed by atoms with Crippen LogP contribution < -0.4 is 10.2 Å². The largest absolute Gasteiger partial charge is 0.368 e. The van der Waals surface area contributed by atoms with Crippen LogP contribution in [0.25, 0.3) is 0 Å². The average molecular weight is 406 g/mol. The summed E-state index contributed by atoms with van der Waals surface area (Å²) in [5.41, 5.74) is 3.71. The number of hydrogen-bond donors (Lipinski definition) is 1. The number of benzene rings is 2. The molecular formula is C25H31N3O2. The lowest BCUT2D eigenvalue weighted by atomic mass is 9.88. The molecule has 5 nitrogen and oxygen atoms in total. The molecule has 4 rings (SSSR count). The molecule has 2 amide bonds. The number of aryl methyl sites for hydroxylation is 1. The fourth-order valence-electron chi connectivity index (χ4n) is 4.46. The van der Waals surface area contributed by atoms with Gasteiger partial charge in [0.25, 0.3) is 5.91 Å². The summed E-state index contributed by atoms with van der Waals surface area (Å²) in [5.74, 6) is 0.517. The molecule has 30 heavy (non-hydrogen) atoms. The summed E-state index contributed by atoms with van der Waals surface area (Å²) >= 11 is 0. The van der Waals surface area contributed by atoms with Gasteiger partial charge in [-0.3, -0.25) is 9.59 Å². The van der Waals surface area contributed by atoms with Crippen LogP contribution in [-0.2, 0) is 4.79 Å². The lowest BCUT2D eigenvalue weighted by Gasteiger charge is -2.38. The van der Waals surface area contributed by atoms with Gasteiger partial charge in [0.05, 0.1) is 0 Å². The zero-order valence-corrected chi connectivity index (χ0v) is 17.8. The predicted molar refractivity (Wildman–Crippen MR) is 121 cm³/mol. The van der Waals surface area contributed by atoms with E-state index in [1.165, 1.54) is 19.3 Å². The van der Waals surface area contributed by atoms with Gasteiger partial charge in [0.15, 0.2) is 0 Å². The molecule has 2 aliphatic rings. The average Bonchev–Trinajstić information content (AvgIpc) is 2.80. The summed E-state index contributed by atoms with van der Waals surface area (Å²) < 4.78 is 0. The Labute approximate surface area is 179 Å². The molecule has 0 unspecified atom stereocenters. The number of carbonyl (C=O) groups is 2. The van der Waals surface area contributed by atoms with Gasteiger partial charge in [-0.1, -0.05) is 37.0 Å². The van der Waals surface area contributed by atoms with E-state index < -0.39 is 0 Å². The Hall–Kier alpha value is -2.82. The molecule has 2 fully saturated rings. The van der Waals surface area contributed by atoms with E-state index >= 15 is 0 Å². The van der Waals surface area contributed by atoms with E-state index in [-0.39, 0.29) is 11.8 Å². The van der Waals surface area contributed by atoms with Gasteiger partial charge in [-0.15, -0.1) is 0 Å². The van der Waals surface area contributed by atoms with Crippen LogP contribution in [0.15, 0.2) is 48.5 Å². The quantitative estimate of drug-likeness (QED) is 0.816. The number of piperazine rings is 1. The molecule has 158 valence electrons. The highest BCUT2D eigenvalue weighted by Crippen LogP contribution is 2.26. The third-order valence-electron chi connectivity index (χ3n) is 6.35. The van der Waals surface area contributed by atoms with Crippen LogP contribution in [0.3, 0.4) is 0 Å². The Morgan fingerprint density at radius 3 is 2.10 bits per heavy atom. The maximum atomic E-state index is 12.7. The van der Waals surface area contributed by atoms with Gasteiger partial charge in [-0.05, 0) is 56.2 Å². The summed E-state index contributed by atoms with van der Waals surface area (Å²) in [6.45, 7) is 5.30. The van der Waals surface area contributed by atoms with Crippen molar-refractivity contribution in [2.24, 2.45) is 5.92 Å². The van der Waals surface area contributed by atoms with Crippen molar-refractivity contribution < 1.29 is 9.59 Å². The number of rotatable bonds is 4. The van der Waals surface area contributed by atoms with Gasteiger partial charge in [0, 0.05) is 49.0 Å². The molecule has 0 atom stereocenters. The first-order chi connectivity index (χ1) is 14.6. The Morgan fingerprint density at radius 2 is 1.47 bits per heavy atom. The summed E-state index contributed by atoms with van der Waals surface area (Å²) in [5, 5.41) is 2.96. The Balaban J connectivity index is 1.30. The van der Waals surface area contributed by atoms with Crippen molar-refractivity contribution in [1.82, 2.24) is 4.90 Å². The number of nitrogens with one attached hydrogen (secondary N) is 1. The molecule has 2 aromatic carbocycles. The van der Waals surface area contributed by atoms with Crippen LogP contribution in [-0.4, -0.2) is 42.9 Å². The molecule has 1 aliphatic carbocycles. The van der Waals surface area contributed by atoms with Gasteiger partial charge >= 0.3 is 0 Å². The van der Waals surface area contributed by atoms with E-state index in [0.29, 0.717) is 11.5 Å². The number of nitrogens with zero attached hydrogens (tertiary/aromatic N) is 2. The maximum Gasteiger partial charge on any atom is 0.255 e. The smallest absolute Gasteiger partial charge is 0.255 e. The molecule has 1 heterocycles. The molecule has 5 heteroatoms. The van der Waals surface area contributed by atoms with Crippen molar-refractivity contribution in [2.75, 3.05) is 36.4 Å². The Bertz CT molecular complexity index is 862. The van der Waals surface area contributed by atoms with Gasteiger partial charge in [-0.25, -0.2) is 0 Å². The predicted octanol–water partition coefficient (Wildman–Crippen LogP) is 4.48.